The van der Waals surface area contributed by atoms with Gasteiger partial charge in [-0.1, -0.05) is 0 Å². The summed E-state index contributed by atoms with van der Waals surface area (Å²) in [5.74, 6) is 0. The SMILES string of the molecule is Cn1nc(-c2cccnc2)cc1-c1cncc(C#N)c1. The minimum atomic E-state index is 0.534. The molecule has 5 nitrogen and oxygen atoms in total. The van der Waals surface area contributed by atoms with Gasteiger partial charge in [-0.25, -0.2) is 0 Å². The highest BCUT2D eigenvalue weighted by molar-refractivity contribution is 5.68. The molecule has 0 radical (unpaired) electrons. The molecule has 0 saturated carbocycles. The van der Waals surface area contributed by atoms with E-state index in [2.05, 4.69) is 21.1 Å². The van der Waals surface area contributed by atoms with Crippen molar-refractivity contribution >= 4 is 0 Å². The summed E-state index contributed by atoms with van der Waals surface area (Å²) in [6, 6.07) is 9.70. The van der Waals surface area contributed by atoms with Gasteiger partial charge in [-0.05, 0) is 24.3 Å². The number of nitriles is 1. The van der Waals surface area contributed by atoms with Gasteiger partial charge in [0.05, 0.1) is 17.0 Å². The molecule has 0 aliphatic carbocycles. The van der Waals surface area contributed by atoms with Crippen LogP contribution in [0, 0.1) is 11.3 Å². The van der Waals surface area contributed by atoms with Crippen LogP contribution in [0.5, 0.6) is 0 Å². The number of pyridine rings is 2. The van der Waals surface area contributed by atoms with E-state index < -0.39 is 0 Å². The smallest absolute Gasteiger partial charge is 0.101 e. The zero-order chi connectivity index (χ0) is 13.9. The molecular weight excluding hydrogens is 250 g/mol. The second kappa shape index (κ2) is 4.94. The summed E-state index contributed by atoms with van der Waals surface area (Å²) in [5.41, 5.74) is 4.12. The summed E-state index contributed by atoms with van der Waals surface area (Å²) < 4.78 is 1.78. The van der Waals surface area contributed by atoms with E-state index in [1.54, 1.807) is 35.5 Å². The maximum atomic E-state index is 8.94. The fourth-order valence-corrected chi connectivity index (χ4v) is 2.03. The van der Waals surface area contributed by atoms with Gasteiger partial charge in [0, 0.05) is 43.0 Å². The Labute approximate surface area is 116 Å². The van der Waals surface area contributed by atoms with E-state index in [0.29, 0.717) is 5.56 Å². The van der Waals surface area contributed by atoms with Gasteiger partial charge < -0.3 is 0 Å². The van der Waals surface area contributed by atoms with Crippen LogP contribution in [-0.4, -0.2) is 19.7 Å². The first-order valence-electron chi connectivity index (χ1n) is 6.08. The van der Waals surface area contributed by atoms with Crippen molar-refractivity contribution in [3.63, 3.8) is 0 Å². The van der Waals surface area contributed by atoms with Crippen LogP contribution >= 0.6 is 0 Å². The summed E-state index contributed by atoms with van der Waals surface area (Å²) in [7, 11) is 1.87. The van der Waals surface area contributed by atoms with Gasteiger partial charge in [0.1, 0.15) is 6.07 Å². The fraction of sp³-hybridized carbons (Fsp3) is 0.0667. The summed E-state index contributed by atoms with van der Waals surface area (Å²) in [5, 5.41) is 13.4. The zero-order valence-electron chi connectivity index (χ0n) is 10.9. The van der Waals surface area contributed by atoms with Crippen LogP contribution in [0.2, 0.25) is 0 Å². The molecule has 3 rings (SSSR count). The molecule has 0 bridgehead atoms. The molecule has 0 atom stereocenters. The van der Waals surface area contributed by atoms with Crippen LogP contribution in [0.3, 0.4) is 0 Å². The largest absolute Gasteiger partial charge is 0.267 e. The average Bonchev–Trinajstić information content (AvgIpc) is 2.90. The van der Waals surface area contributed by atoms with Gasteiger partial charge >= 0.3 is 0 Å². The summed E-state index contributed by atoms with van der Waals surface area (Å²) in [6.07, 6.45) is 6.77. The molecule has 20 heavy (non-hydrogen) atoms. The molecule has 0 N–H and O–H groups in total. The van der Waals surface area contributed by atoms with Crippen molar-refractivity contribution in [2.24, 2.45) is 7.05 Å². The topological polar surface area (TPSA) is 67.4 Å². The average molecular weight is 261 g/mol. The van der Waals surface area contributed by atoms with E-state index in [-0.39, 0.29) is 0 Å². The van der Waals surface area contributed by atoms with Crippen molar-refractivity contribution in [3.8, 4) is 28.6 Å². The molecule has 3 aromatic rings. The Morgan fingerprint density at radius 2 is 1.95 bits per heavy atom. The van der Waals surface area contributed by atoms with E-state index in [1.807, 2.05) is 25.2 Å². The molecule has 0 aliphatic rings. The molecule has 3 heterocycles. The summed E-state index contributed by atoms with van der Waals surface area (Å²) in [6.45, 7) is 0. The molecule has 0 spiro atoms. The molecule has 3 aromatic heterocycles. The van der Waals surface area contributed by atoms with Crippen LogP contribution in [-0.2, 0) is 7.05 Å². The van der Waals surface area contributed by atoms with Crippen LogP contribution < -0.4 is 0 Å². The first-order valence-corrected chi connectivity index (χ1v) is 6.08. The predicted molar refractivity (Wildman–Crippen MR) is 74.4 cm³/mol. The van der Waals surface area contributed by atoms with Crippen molar-refractivity contribution in [1.82, 2.24) is 19.7 Å². The van der Waals surface area contributed by atoms with Crippen molar-refractivity contribution in [1.29, 1.82) is 5.26 Å². The number of aromatic nitrogens is 4. The first kappa shape index (κ1) is 12.1. The second-order valence-corrected chi connectivity index (χ2v) is 4.35. The van der Waals surface area contributed by atoms with Crippen LogP contribution in [0.4, 0.5) is 0 Å². The molecule has 0 aliphatic heterocycles. The molecule has 0 amide bonds. The van der Waals surface area contributed by atoms with Crippen molar-refractivity contribution in [2.75, 3.05) is 0 Å². The van der Waals surface area contributed by atoms with E-state index in [4.69, 9.17) is 5.26 Å². The predicted octanol–water partition coefficient (Wildman–Crippen LogP) is 2.42. The van der Waals surface area contributed by atoms with Gasteiger partial charge in [0.2, 0.25) is 0 Å². The Hall–Kier alpha value is -3.00. The van der Waals surface area contributed by atoms with E-state index in [0.717, 1.165) is 22.5 Å². The lowest BCUT2D eigenvalue weighted by Crippen LogP contribution is -1.94. The third kappa shape index (κ3) is 2.15. The maximum absolute atomic E-state index is 8.94. The lowest BCUT2D eigenvalue weighted by Gasteiger charge is -2.00. The Balaban J connectivity index is 2.08. The molecule has 0 aromatic carbocycles. The van der Waals surface area contributed by atoms with Gasteiger partial charge in [-0.3, -0.25) is 14.6 Å². The monoisotopic (exact) mass is 261 g/mol. The van der Waals surface area contributed by atoms with Crippen molar-refractivity contribution < 1.29 is 0 Å². The second-order valence-electron chi connectivity index (χ2n) is 4.35. The normalized spacial score (nSPS) is 10.2. The number of nitrogens with zero attached hydrogens (tertiary/aromatic N) is 5. The Morgan fingerprint density at radius 3 is 2.70 bits per heavy atom. The summed E-state index contributed by atoms with van der Waals surface area (Å²) in [4.78, 5) is 8.17. The van der Waals surface area contributed by atoms with E-state index in [1.165, 1.54) is 0 Å². The van der Waals surface area contributed by atoms with E-state index >= 15 is 0 Å². The summed E-state index contributed by atoms with van der Waals surface area (Å²) >= 11 is 0. The highest BCUT2D eigenvalue weighted by atomic mass is 15.3. The molecule has 0 fully saturated rings. The van der Waals surface area contributed by atoms with Crippen LogP contribution in [0.25, 0.3) is 22.5 Å². The number of aryl methyl sites for hydroxylation is 1. The highest BCUT2D eigenvalue weighted by Crippen LogP contribution is 2.24. The minimum Gasteiger partial charge on any atom is -0.267 e. The van der Waals surface area contributed by atoms with Gasteiger partial charge in [0.25, 0.3) is 0 Å². The zero-order valence-corrected chi connectivity index (χ0v) is 10.9. The van der Waals surface area contributed by atoms with Crippen LogP contribution in [0.15, 0.2) is 49.1 Å². The van der Waals surface area contributed by atoms with Gasteiger partial charge in [0.15, 0.2) is 0 Å². The van der Waals surface area contributed by atoms with Crippen molar-refractivity contribution in [2.45, 2.75) is 0 Å². The van der Waals surface area contributed by atoms with E-state index in [9.17, 15) is 0 Å². The Bertz CT molecular complexity index is 784. The number of hydrogen-bond acceptors (Lipinski definition) is 4. The maximum Gasteiger partial charge on any atom is 0.101 e. The fourth-order valence-electron chi connectivity index (χ4n) is 2.03. The number of hydrogen-bond donors (Lipinski definition) is 0. The third-order valence-electron chi connectivity index (χ3n) is 3.00. The minimum absolute atomic E-state index is 0.534. The molecule has 96 valence electrons. The Morgan fingerprint density at radius 1 is 1.10 bits per heavy atom. The molecule has 0 unspecified atom stereocenters. The molecule has 0 saturated heterocycles. The number of rotatable bonds is 2. The van der Waals surface area contributed by atoms with Gasteiger partial charge in [-0.15, -0.1) is 0 Å². The van der Waals surface area contributed by atoms with Crippen LogP contribution in [0.1, 0.15) is 5.56 Å². The lowest BCUT2D eigenvalue weighted by atomic mass is 10.1. The Kier molecular flexibility index (Phi) is 2.98. The van der Waals surface area contributed by atoms with Gasteiger partial charge in [-0.2, -0.15) is 10.4 Å². The molecule has 5 heteroatoms. The lowest BCUT2D eigenvalue weighted by molar-refractivity contribution is 0.778. The third-order valence-corrected chi connectivity index (χ3v) is 3.00. The standard InChI is InChI=1S/C15H11N5/c1-20-15(13-5-11(7-16)8-18-10-13)6-14(19-20)12-3-2-4-17-9-12/h2-6,8-10H,1H3. The molecular formula is C15H11N5. The first-order chi connectivity index (χ1) is 9.78. The highest BCUT2D eigenvalue weighted by Gasteiger charge is 2.10. The van der Waals surface area contributed by atoms with Crippen molar-refractivity contribution in [3.05, 3.63) is 54.6 Å². The quantitative estimate of drug-likeness (QED) is 0.710.